The number of nitrogens with zero attached hydrogens (tertiary/aromatic N) is 4. The molecule has 9 nitrogen and oxygen atoms in total. The molecule has 10 heteroatoms. The quantitative estimate of drug-likeness (QED) is 0.532. The number of rotatable bonds is 9. The number of anilines is 1. The average molecular weight is 388 g/mol. The van der Waals surface area contributed by atoms with Crippen molar-refractivity contribution in [2.24, 2.45) is 0 Å². The van der Waals surface area contributed by atoms with Crippen LogP contribution in [0.4, 0.5) is 10.2 Å². The number of fused-ring (bicyclic) bond motifs is 1. The lowest BCUT2D eigenvalue weighted by Crippen LogP contribution is -2.26. The molecule has 0 fully saturated rings. The molecule has 1 aromatic carbocycles. The third kappa shape index (κ3) is 4.78. The van der Waals surface area contributed by atoms with Gasteiger partial charge in [0.2, 0.25) is 0 Å². The zero-order valence-corrected chi connectivity index (χ0v) is 15.6. The minimum absolute atomic E-state index is 0.283. The molecule has 148 valence electrons. The van der Waals surface area contributed by atoms with Gasteiger partial charge in [0, 0.05) is 32.7 Å². The second kappa shape index (κ2) is 9.20. The van der Waals surface area contributed by atoms with Crippen LogP contribution in [-0.4, -0.2) is 59.3 Å². The number of nitrogens with one attached hydrogen (secondary N) is 2. The number of hydrogen-bond donors (Lipinski definition) is 2. The summed E-state index contributed by atoms with van der Waals surface area (Å²) >= 11 is 0. The van der Waals surface area contributed by atoms with Crippen molar-refractivity contribution in [1.29, 1.82) is 0 Å². The van der Waals surface area contributed by atoms with Gasteiger partial charge >= 0.3 is 0 Å². The molecule has 0 unspecified atom stereocenters. The van der Waals surface area contributed by atoms with E-state index in [1.54, 1.807) is 30.9 Å². The van der Waals surface area contributed by atoms with Gasteiger partial charge in [-0.25, -0.2) is 4.39 Å². The van der Waals surface area contributed by atoms with Crippen LogP contribution in [0.5, 0.6) is 0 Å². The predicted octanol–water partition coefficient (Wildman–Crippen LogP) is 1.27. The zero-order valence-electron chi connectivity index (χ0n) is 15.6. The van der Waals surface area contributed by atoms with Crippen LogP contribution in [0.25, 0.3) is 5.65 Å². The van der Waals surface area contributed by atoms with Gasteiger partial charge in [0.25, 0.3) is 5.91 Å². The Labute approximate surface area is 160 Å². The van der Waals surface area contributed by atoms with Crippen LogP contribution >= 0.6 is 0 Å². The van der Waals surface area contributed by atoms with E-state index < -0.39 is 0 Å². The largest absolute Gasteiger partial charge is 0.364 e. The number of ether oxygens (including phenoxy) is 2. The van der Waals surface area contributed by atoms with Crippen molar-refractivity contribution < 1.29 is 18.7 Å². The Hall–Kier alpha value is -3.11. The molecule has 28 heavy (non-hydrogen) atoms. The highest BCUT2D eigenvalue weighted by atomic mass is 19.1. The van der Waals surface area contributed by atoms with E-state index in [1.807, 2.05) is 0 Å². The number of carbonyl (C=O) groups excluding carboxylic acids is 1. The van der Waals surface area contributed by atoms with Crippen molar-refractivity contribution >= 4 is 17.4 Å². The van der Waals surface area contributed by atoms with Crippen molar-refractivity contribution in [2.45, 2.75) is 12.7 Å². The minimum atomic E-state index is -0.389. The van der Waals surface area contributed by atoms with Gasteiger partial charge in [0.05, 0.1) is 6.54 Å². The first-order valence-electron chi connectivity index (χ1n) is 8.65. The van der Waals surface area contributed by atoms with E-state index in [-0.39, 0.29) is 18.0 Å². The fraction of sp³-hybridized carbons (Fsp3) is 0.333. The zero-order chi connectivity index (χ0) is 19.9. The molecule has 1 amide bonds. The van der Waals surface area contributed by atoms with Gasteiger partial charge in [-0.3, -0.25) is 4.79 Å². The molecule has 0 aliphatic carbocycles. The van der Waals surface area contributed by atoms with E-state index in [2.05, 4.69) is 25.9 Å². The normalized spacial score (nSPS) is 11.1. The lowest BCUT2D eigenvalue weighted by atomic mass is 10.2. The first-order chi connectivity index (χ1) is 13.6. The van der Waals surface area contributed by atoms with Gasteiger partial charge in [-0.2, -0.15) is 4.52 Å². The number of methoxy groups -OCH3 is 2. The fourth-order valence-electron chi connectivity index (χ4n) is 2.53. The number of carbonyl (C=O) groups is 1. The molecule has 2 aromatic heterocycles. The summed E-state index contributed by atoms with van der Waals surface area (Å²) in [5, 5.41) is 18.5. The highest BCUT2D eigenvalue weighted by Crippen LogP contribution is 2.08. The standard InChI is InChI=1S/C18H21FN6O3/c1-27-17(28-2)11-21-14-7-8-15-22-23-16(25(15)24-14)9-10-20-18(26)12-3-5-13(19)6-4-12/h3-8,17H,9-11H2,1-2H3,(H,20,26)(H,21,24). The molecule has 2 N–H and O–H groups in total. The Kier molecular flexibility index (Phi) is 6.45. The number of amides is 1. The Bertz CT molecular complexity index is 927. The third-order valence-electron chi connectivity index (χ3n) is 4.04. The number of aromatic nitrogens is 4. The summed E-state index contributed by atoms with van der Waals surface area (Å²) in [6.07, 6.45) is 0.0445. The minimum Gasteiger partial charge on any atom is -0.364 e. The van der Waals surface area contributed by atoms with Crippen LogP contribution in [0.1, 0.15) is 16.2 Å². The summed E-state index contributed by atoms with van der Waals surface area (Å²) in [6, 6.07) is 8.94. The van der Waals surface area contributed by atoms with Crippen LogP contribution in [0.3, 0.4) is 0 Å². The highest BCUT2D eigenvalue weighted by molar-refractivity contribution is 5.94. The molecule has 0 aliphatic heterocycles. The maximum absolute atomic E-state index is 12.9. The molecule has 0 radical (unpaired) electrons. The maximum atomic E-state index is 12.9. The molecule has 0 bridgehead atoms. The molecule has 3 aromatic rings. The number of halogens is 1. The molecule has 0 atom stereocenters. The third-order valence-corrected chi connectivity index (χ3v) is 4.04. The summed E-state index contributed by atoms with van der Waals surface area (Å²) in [6.45, 7) is 0.766. The lowest BCUT2D eigenvalue weighted by molar-refractivity contribution is -0.0914. The first-order valence-corrected chi connectivity index (χ1v) is 8.65. The van der Waals surface area contributed by atoms with E-state index in [4.69, 9.17) is 9.47 Å². The second-order valence-corrected chi connectivity index (χ2v) is 5.90. The molecule has 0 spiro atoms. The molecule has 0 saturated heterocycles. The van der Waals surface area contributed by atoms with Crippen molar-refractivity contribution in [3.8, 4) is 0 Å². The van der Waals surface area contributed by atoms with Crippen molar-refractivity contribution in [2.75, 3.05) is 32.6 Å². The molecule has 3 rings (SSSR count). The predicted molar refractivity (Wildman–Crippen MR) is 99.5 cm³/mol. The van der Waals surface area contributed by atoms with E-state index in [9.17, 15) is 9.18 Å². The summed E-state index contributed by atoms with van der Waals surface area (Å²) in [7, 11) is 3.12. The van der Waals surface area contributed by atoms with Crippen LogP contribution < -0.4 is 10.6 Å². The van der Waals surface area contributed by atoms with Crippen molar-refractivity contribution in [3.05, 3.63) is 53.6 Å². The molecular weight excluding hydrogens is 367 g/mol. The first kappa shape index (κ1) is 19.6. The van der Waals surface area contributed by atoms with Crippen LogP contribution in [0.15, 0.2) is 36.4 Å². The topological polar surface area (TPSA) is 103 Å². The molecule has 2 heterocycles. The smallest absolute Gasteiger partial charge is 0.251 e. The van der Waals surface area contributed by atoms with E-state index in [1.165, 1.54) is 24.3 Å². The Morgan fingerprint density at radius 2 is 1.89 bits per heavy atom. The van der Waals surface area contributed by atoms with Crippen LogP contribution in [0.2, 0.25) is 0 Å². The lowest BCUT2D eigenvalue weighted by Gasteiger charge is -2.14. The molecule has 0 aliphatic rings. The summed E-state index contributed by atoms with van der Waals surface area (Å²) in [4.78, 5) is 12.1. The SMILES string of the molecule is COC(CNc1ccc2nnc(CCNC(=O)c3ccc(F)cc3)n2n1)OC. The Balaban J connectivity index is 1.60. The van der Waals surface area contributed by atoms with Gasteiger partial charge < -0.3 is 20.1 Å². The van der Waals surface area contributed by atoms with E-state index in [0.717, 1.165) is 0 Å². The van der Waals surface area contributed by atoms with Crippen molar-refractivity contribution in [3.63, 3.8) is 0 Å². The summed E-state index contributed by atoms with van der Waals surface area (Å²) < 4.78 is 24.8. The monoisotopic (exact) mass is 388 g/mol. The Morgan fingerprint density at radius 3 is 2.61 bits per heavy atom. The van der Waals surface area contributed by atoms with Crippen molar-refractivity contribution in [1.82, 2.24) is 25.1 Å². The number of hydrogen-bond acceptors (Lipinski definition) is 7. The fourth-order valence-corrected chi connectivity index (χ4v) is 2.53. The number of benzene rings is 1. The molecular formula is C18H21FN6O3. The highest BCUT2D eigenvalue weighted by Gasteiger charge is 2.11. The van der Waals surface area contributed by atoms with Crippen LogP contribution in [-0.2, 0) is 15.9 Å². The van der Waals surface area contributed by atoms with Gasteiger partial charge in [-0.1, -0.05) is 0 Å². The summed E-state index contributed by atoms with van der Waals surface area (Å²) in [5.74, 6) is 0.551. The maximum Gasteiger partial charge on any atom is 0.251 e. The Morgan fingerprint density at radius 1 is 1.14 bits per heavy atom. The van der Waals surface area contributed by atoms with Gasteiger partial charge in [0.1, 0.15) is 11.6 Å². The van der Waals surface area contributed by atoms with Gasteiger partial charge in [-0.05, 0) is 36.4 Å². The van der Waals surface area contributed by atoms with Crippen LogP contribution in [0, 0.1) is 5.82 Å². The van der Waals surface area contributed by atoms with E-state index >= 15 is 0 Å². The second-order valence-electron chi connectivity index (χ2n) is 5.90. The van der Waals surface area contributed by atoms with Gasteiger partial charge in [0.15, 0.2) is 17.8 Å². The molecule has 0 saturated carbocycles. The van der Waals surface area contributed by atoms with Gasteiger partial charge in [-0.15, -0.1) is 15.3 Å². The average Bonchev–Trinajstić information content (AvgIpc) is 3.11. The summed E-state index contributed by atoms with van der Waals surface area (Å²) in [5.41, 5.74) is 0.989. The van der Waals surface area contributed by atoms with E-state index in [0.29, 0.717) is 42.4 Å².